The number of para-hydroxylation sites is 1. The Kier molecular flexibility index (Phi) is 7.83. The maximum Gasteiger partial charge on any atom is 0.253 e. The summed E-state index contributed by atoms with van der Waals surface area (Å²) < 4.78 is 1.92. The normalized spacial score (nSPS) is 11.9. The molecule has 1 amide bonds. The number of anilines is 1. The summed E-state index contributed by atoms with van der Waals surface area (Å²) in [6, 6.07) is 16.4. The van der Waals surface area contributed by atoms with Gasteiger partial charge in [0, 0.05) is 12.2 Å². The lowest BCUT2D eigenvalue weighted by Gasteiger charge is -2.12. The summed E-state index contributed by atoms with van der Waals surface area (Å²) in [5, 5.41) is 25.4. The number of carbonyl (C=O) groups is 1. The van der Waals surface area contributed by atoms with E-state index in [0.29, 0.717) is 23.8 Å². The van der Waals surface area contributed by atoms with Crippen LogP contribution < -0.4 is 10.7 Å². The van der Waals surface area contributed by atoms with Crippen LogP contribution in [0.25, 0.3) is 0 Å². The van der Waals surface area contributed by atoms with Crippen LogP contribution in [0.2, 0.25) is 0 Å². The fraction of sp³-hybridized carbons (Fsp3) is 0.182. The zero-order valence-corrected chi connectivity index (χ0v) is 17.9. The number of phenolic OH excluding ortho intramolecular Hbond substituents is 1. The molecule has 0 saturated heterocycles. The second-order valence-electron chi connectivity index (χ2n) is 6.61. The van der Waals surface area contributed by atoms with Crippen molar-refractivity contribution < 1.29 is 9.90 Å². The van der Waals surface area contributed by atoms with Crippen molar-refractivity contribution in [3.05, 3.63) is 78.6 Å². The van der Waals surface area contributed by atoms with Crippen LogP contribution in [-0.2, 0) is 17.9 Å². The van der Waals surface area contributed by atoms with Crippen molar-refractivity contribution in [2.75, 3.05) is 5.32 Å². The first-order valence-electron chi connectivity index (χ1n) is 9.67. The van der Waals surface area contributed by atoms with Gasteiger partial charge in [-0.25, -0.2) is 5.43 Å². The van der Waals surface area contributed by atoms with Gasteiger partial charge in [0.25, 0.3) is 5.91 Å². The van der Waals surface area contributed by atoms with Gasteiger partial charge in [0.15, 0.2) is 11.0 Å². The fourth-order valence-corrected chi connectivity index (χ4v) is 3.54. The minimum atomic E-state index is -0.441. The van der Waals surface area contributed by atoms with Crippen molar-refractivity contribution in [2.45, 2.75) is 30.4 Å². The van der Waals surface area contributed by atoms with Gasteiger partial charge in [-0.3, -0.25) is 4.79 Å². The molecule has 0 aliphatic rings. The molecule has 0 saturated carbocycles. The molecule has 2 aromatic carbocycles. The Morgan fingerprint density at radius 3 is 2.81 bits per heavy atom. The largest absolute Gasteiger partial charge is 0.508 e. The van der Waals surface area contributed by atoms with E-state index in [1.807, 2.05) is 34.9 Å². The molecule has 0 aliphatic carbocycles. The third-order valence-electron chi connectivity index (χ3n) is 4.24. The maximum absolute atomic E-state index is 12.4. The topological polar surface area (TPSA) is 104 Å². The summed E-state index contributed by atoms with van der Waals surface area (Å²) >= 11 is 1.30. The number of amides is 1. The highest BCUT2D eigenvalue weighted by Gasteiger charge is 2.19. The smallest absolute Gasteiger partial charge is 0.253 e. The highest BCUT2D eigenvalue weighted by Crippen LogP contribution is 2.23. The number of thioether (sulfide) groups is 1. The van der Waals surface area contributed by atoms with Crippen LogP contribution in [0.4, 0.5) is 5.69 Å². The summed E-state index contributed by atoms with van der Waals surface area (Å²) in [7, 11) is 0. The average Bonchev–Trinajstić information content (AvgIpc) is 3.14. The second kappa shape index (κ2) is 11.0. The van der Waals surface area contributed by atoms with E-state index in [2.05, 4.69) is 32.6 Å². The molecule has 0 unspecified atom stereocenters. The minimum Gasteiger partial charge on any atom is -0.508 e. The summed E-state index contributed by atoms with van der Waals surface area (Å²) in [6.45, 7) is 6.61. The molecule has 160 valence electrons. The number of aromatic hydroxyl groups is 1. The number of hydrogen-bond donors (Lipinski definition) is 3. The van der Waals surface area contributed by atoms with Gasteiger partial charge < -0.3 is 15.0 Å². The molecule has 1 aromatic heterocycles. The van der Waals surface area contributed by atoms with Crippen LogP contribution in [0.1, 0.15) is 18.3 Å². The predicted octanol–water partition coefficient (Wildman–Crippen LogP) is 3.41. The lowest BCUT2D eigenvalue weighted by Crippen LogP contribution is -2.27. The Bertz CT molecular complexity index is 1050. The molecule has 0 radical (unpaired) electrons. The average molecular weight is 437 g/mol. The molecule has 3 aromatic rings. The lowest BCUT2D eigenvalue weighted by atomic mass is 10.2. The maximum atomic E-state index is 12.4. The number of nitrogens with one attached hydrogen (secondary N) is 2. The van der Waals surface area contributed by atoms with Gasteiger partial charge in [-0.05, 0) is 36.8 Å². The third kappa shape index (κ3) is 6.45. The molecule has 1 heterocycles. The Morgan fingerprint density at radius 1 is 1.26 bits per heavy atom. The SMILES string of the molecule is C=CCn1c(CNc2ccccc2)nnc1S[C@H](C)C(=O)NN=Cc1cccc(O)c1. The van der Waals surface area contributed by atoms with Crippen LogP contribution in [0.5, 0.6) is 5.75 Å². The van der Waals surface area contributed by atoms with Gasteiger partial charge in [0.05, 0.1) is 18.0 Å². The summed E-state index contributed by atoms with van der Waals surface area (Å²) in [6.07, 6.45) is 3.24. The van der Waals surface area contributed by atoms with Gasteiger partial charge in [-0.15, -0.1) is 16.8 Å². The zero-order valence-electron chi connectivity index (χ0n) is 17.1. The first-order chi connectivity index (χ1) is 15.1. The highest BCUT2D eigenvalue weighted by molar-refractivity contribution is 8.00. The van der Waals surface area contributed by atoms with E-state index >= 15 is 0 Å². The lowest BCUT2D eigenvalue weighted by molar-refractivity contribution is -0.120. The van der Waals surface area contributed by atoms with Crippen molar-refractivity contribution in [3.63, 3.8) is 0 Å². The first kappa shape index (κ1) is 22.1. The Hall–Kier alpha value is -3.59. The van der Waals surface area contributed by atoms with Crippen molar-refractivity contribution in [1.82, 2.24) is 20.2 Å². The quantitative estimate of drug-likeness (QED) is 0.195. The molecule has 0 bridgehead atoms. The predicted molar refractivity (Wildman–Crippen MR) is 123 cm³/mol. The van der Waals surface area contributed by atoms with Crippen LogP contribution in [0.15, 0.2) is 77.5 Å². The van der Waals surface area contributed by atoms with Crippen LogP contribution in [0, 0.1) is 0 Å². The molecule has 31 heavy (non-hydrogen) atoms. The van der Waals surface area contributed by atoms with E-state index in [4.69, 9.17) is 0 Å². The van der Waals surface area contributed by atoms with E-state index in [9.17, 15) is 9.90 Å². The van der Waals surface area contributed by atoms with Gasteiger partial charge in [-0.1, -0.05) is 48.2 Å². The molecule has 0 spiro atoms. The van der Waals surface area contributed by atoms with E-state index < -0.39 is 5.25 Å². The number of rotatable bonds is 10. The Balaban J connectivity index is 1.60. The van der Waals surface area contributed by atoms with Gasteiger partial charge in [0.2, 0.25) is 0 Å². The van der Waals surface area contributed by atoms with Crippen molar-refractivity contribution in [1.29, 1.82) is 0 Å². The van der Waals surface area contributed by atoms with E-state index in [0.717, 1.165) is 11.5 Å². The number of allylic oxidation sites excluding steroid dienone is 1. The highest BCUT2D eigenvalue weighted by atomic mass is 32.2. The zero-order chi connectivity index (χ0) is 22.1. The Morgan fingerprint density at radius 2 is 2.06 bits per heavy atom. The van der Waals surface area contributed by atoms with Gasteiger partial charge in [0.1, 0.15) is 5.75 Å². The molecular weight excluding hydrogens is 412 g/mol. The number of phenols is 1. The van der Waals surface area contributed by atoms with Crippen molar-refractivity contribution in [3.8, 4) is 5.75 Å². The molecule has 1 atom stereocenters. The summed E-state index contributed by atoms with van der Waals surface area (Å²) in [5.41, 5.74) is 4.18. The van der Waals surface area contributed by atoms with Gasteiger partial charge in [-0.2, -0.15) is 5.10 Å². The molecule has 0 fully saturated rings. The summed E-state index contributed by atoms with van der Waals surface area (Å²) in [4.78, 5) is 12.4. The van der Waals surface area contributed by atoms with Crippen molar-refractivity contribution >= 4 is 29.6 Å². The monoisotopic (exact) mass is 436 g/mol. The molecule has 3 rings (SSSR count). The number of carbonyl (C=O) groups excluding carboxylic acids is 1. The molecule has 8 nitrogen and oxygen atoms in total. The number of benzene rings is 2. The molecule has 9 heteroatoms. The first-order valence-corrected chi connectivity index (χ1v) is 10.6. The van der Waals surface area contributed by atoms with E-state index in [1.54, 1.807) is 37.3 Å². The second-order valence-corrected chi connectivity index (χ2v) is 7.91. The number of nitrogens with zero attached hydrogens (tertiary/aromatic N) is 4. The molecule has 3 N–H and O–H groups in total. The number of hydrogen-bond acceptors (Lipinski definition) is 7. The number of aromatic nitrogens is 3. The minimum absolute atomic E-state index is 0.137. The number of hydrazone groups is 1. The van der Waals surface area contributed by atoms with Crippen molar-refractivity contribution in [2.24, 2.45) is 5.10 Å². The Labute approximate surface area is 185 Å². The van der Waals surface area contributed by atoms with Gasteiger partial charge >= 0.3 is 0 Å². The van der Waals surface area contributed by atoms with Crippen LogP contribution in [-0.4, -0.2) is 37.2 Å². The van der Waals surface area contributed by atoms with Crippen LogP contribution in [0.3, 0.4) is 0 Å². The molecule has 0 aliphatic heterocycles. The van der Waals surface area contributed by atoms with E-state index in [1.165, 1.54) is 18.0 Å². The van der Waals surface area contributed by atoms with Crippen LogP contribution >= 0.6 is 11.8 Å². The standard InChI is InChI=1S/C22H24N6O2S/c1-3-12-28-20(15-23-18-9-5-4-6-10-18)25-27-22(28)31-16(2)21(30)26-24-14-17-8-7-11-19(29)13-17/h3-11,13-14,16,23,29H,1,12,15H2,2H3,(H,26,30)/t16-/m1/s1. The third-order valence-corrected chi connectivity index (χ3v) is 5.32. The van der Waals surface area contributed by atoms with E-state index in [-0.39, 0.29) is 11.7 Å². The fourth-order valence-electron chi connectivity index (χ4n) is 2.66. The summed E-state index contributed by atoms with van der Waals surface area (Å²) in [5.74, 6) is 0.623. The molecular formula is C22H24N6O2S.